The number of nitrogens with one attached hydrogen (secondary N) is 3. The smallest absolute Gasteiger partial charge is 0.305 e. The number of carbonyl (C=O) groups is 3. The number of nitrogens with zero attached hydrogens (tertiary/aromatic N) is 1. The number of aryl methyl sites for hydroxylation is 1. The maximum Gasteiger partial charge on any atom is 0.305 e. The van der Waals surface area contributed by atoms with E-state index in [1.807, 2.05) is 35.4 Å². The summed E-state index contributed by atoms with van der Waals surface area (Å²) in [6, 6.07) is 7.57. The second-order valence-corrected chi connectivity index (χ2v) is 10.1. The van der Waals surface area contributed by atoms with E-state index < -0.39 is 12.0 Å². The van der Waals surface area contributed by atoms with E-state index in [0.29, 0.717) is 38.3 Å². The van der Waals surface area contributed by atoms with Gasteiger partial charge in [-0.25, -0.2) is 0 Å². The number of hydrogen-bond acceptors (Lipinski definition) is 4. The van der Waals surface area contributed by atoms with Crippen LogP contribution < -0.4 is 10.6 Å². The van der Waals surface area contributed by atoms with Gasteiger partial charge < -0.3 is 25.6 Å². The number of piperidine rings is 2. The fourth-order valence-corrected chi connectivity index (χ4v) is 5.50. The number of carbonyl (C=O) groups excluding carboxylic acids is 2. The van der Waals surface area contributed by atoms with E-state index in [1.165, 1.54) is 0 Å². The van der Waals surface area contributed by atoms with Crippen molar-refractivity contribution in [3.8, 4) is 0 Å². The second-order valence-electron chi connectivity index (χ2n) is 10.1. The van der Waals surface area contributed by atoms with E-state index in [0.717, 1.165) is 61.7 Å². The summed E-state index contributed by atoms with van der Waals surface area (Å²) in [4.78, 5) is 42.5. The molecule has 2 aliphatic rings. The Morgan fingerprint density at radius 3 is 2.69 bits per heavy atom. The minimum absolute atomic E-state index is 0. The van der Waals surface area contributed by atoms with Gasteiger partial charge in [0, 0.05) is 42.7 Å². The van der Waals surface area contributed by atoms with Crippen molar-refractivity contribution in [3.63, 3.8) is 0 Å². The molecule has 0 bridgehead atoms. The highest BCUT2D eigenvalue weighted by Crippen LogP contribution is 2.23. The molecule has 2 atom stereocenters. The van der Waals surface area contributed by atoms with Gasteiger partial charge in [0.25, 0.3) is 0 Å². The largest absolute Gasteiger partial charge is 0.481 e. The molecule has 1 aromatic heterocycles. The van der Waals surface area contributed by atoms with Crippen LogP contribution in [0, 0.1) is 11.8 Å². The van der Waals surface area contributed by atoms with Crippen LogP contribution in [-0.2, 0) is 20.8 Å². The predicted octanol–water partition coefficient (Wildman–Crippen LogP) is 3.50. The lowest BCUT2D eigenvalue weighted by atomic mass is 9.92. The maximum absolute atomic E-state index is 13.1. The Morgan fingerprint density at radius 1 is 1.14 bits per heavy atom. The zero-order valence-electron chi connectivity index (χ0n) is 20.8. The summed E-state index contributed by atoms with van der Waals surface area (Å²) in [5.41, 5.74) is 2.17. The number of carboxylic acid groups (broad SMARTS) is 1. The highest BCUT2D eigenvalue weighted by atomic mass is 35.5. The molecule has 0 unspecified atom stereocenters. The Bertz CT molecular complexity index is 1020. The van der Waals surface area contributed by atoms with Crippen LogP contribution in [0.5, 0.6) is 0 Å². The topological polar surface area (TPSA) is 115 Å². The average Bonchev–Trinajstić information content (AvgIpc) is 3.29. The minimum atomic E-state index is -0.924. The van der Waals surface area contributed by atoms with Gasteiger partial charge in [-0.3, -0.25) is 14.4 Å². The van der Waals surface area contributed by atoms with Crippen LogP contribution in [0.1, 0.15) is 56.9 Å². The minimum Gasteiger partial charge on any atom is -0.481 e. The van der Waals surface area contributed by atoms with Crippen molar-refractivity contribution in [2.45, 2.75) is 63.8 Å². The Balaban J connectivity index is 0.00000361. The molecule has 4 N–H and O–H groups in total. The first-order valence-electron chi connectivity index (χ1n) is 13.0. The number of carboxylic acids is 1. The van der Waals surface area contributed by atoms with Crippen molar-refractivity contribution in [2.75, 3.05) is 26.2 Å². The molecule has 9 heteroatoms. The monoisotopic (exact) mass is 518 g/mol. The number of H-pyrrole nitrogens is 1. The summed E-state index contributed by atoms with van der Waals surface area (Å²) >= 11 is 0. The van der Waals surface area contributed by atoms with Gasteiger partial charge in [-0.2, -0.15) is 0 Å². The molecular formula is C27H39ClN4O4. The molecule has 198 valence electrons. The number of fused-ring (bicyclic) bond motifs is 1. The molecule has 2 saturated heterocycles. The number of aromatic amines is 1. The lowest BCUT2D eigenvalue weighted by molar-refractivity contribution is -0.138. The third-order valence-corrected chi connectivity index (χ3v) is 7.57. The number of rotatable bonds is 10. The third-order valence-electron chi connectivity index (χ3n) is 7.57. The summed E-state index contributed by atoms with van der Waals surface area (Å²) in [5.74, 6) is -0.588. The van der Waals surface area contributed by atoms with Gasteiger partial charge in [0.1, 0.15) is 0 Å². The summed E-state index contributed by atoms with van der Waals surface area (Å²) in [6.45, 7) is 3.19. The zero-order valence-corrected chi connectivity index (χ0v) is 21.7. The number of halogens is 1. The first-order chi connectivity index (χ1) is 17.0. The molecule has 3 heterocycles. The van der Waals surface area contributed by atoms with Crippen LogP contribution >= 0.6 is 12.4 Å². The molecule has 2 fully saturated rings. The van der Waals surface area contributed by atoms with Gasteiger partial charge in [-0.1, -0.05) is 18.2 Å². The highest BCUT2D eigenvalue weighted by Gasteiger charge is 2.30. The van der Waals surface area contributed by atoms with Crippen molar-refractivity contribution in [1.82, 2.24) is 20.5 Å². The average molecular weight is 519 g/mol. The van der Waals surface area contributed by atoms with Gasteiger partial charge >= 0.3 is 5.97 Å². The standard InChI is InChI=1S/C27H38N4O4.ClH/c32-25(10-7-19-11-13-28-14-12-19)31-15-3-4-21(18-31)27(35)30-22(16-26(33)34)9-8-20-17-29-24-6-2-1-5-23(20)24;/h1-2,5-6,17,19,21-22,28-29H,3-4,7-16,18H2,(H,30,35)(H,33,34);1H/t21-,22+;/m1./s1. The summed E-state index contributed by atoms with van der Waals surface area (Å²) in [5, 5.41) is 16.9. The quantitative estimate of drug-likeness (QED) is 0.384. The zero-order chi connectivity index (χ0) is 24.6. The van der Waals surface area contributed by atoms with Gasteiger partial charge in [0.2, 0.25) is 11.8 Å². The van der Waals surface area contributed by atoms with E-state index in [2.05, 4.69) is 15.6 Å². The number of para-hydroxylation sites is 1. The molecule has 2 amide bonds. The van der Waals surface area contributed by atoms with Crippen LogP contribution in [0.25, 0.3) is 10.9 Å². The van der Waals surface area contributed by atoms with E-state index >= 15 is 0 Å². The Morgan fingerprint density at radius 2 is 1.92 bits per heavy atom. The van der Waals surface area contributed by atoms with Crippen LogP contribution in [0.4, 0.5) is 0 Å². The van der Waals surface area contributed by atoms with Gasteiger partial charge in [0.15, 0.2) is 0 Å². The molecule has 0 radical (unpaired) electrons. The molecule has 2 aromatic rings. The summed E-state index contributed by atoms with van der Waals surface area (Å²) < 4.78 is 0. The lowest BCUT2D eigenvalue weighted by Crippen LogP contribution is -2.48. The van der Waals surface area contributed by atoms with E-state index in [1.54, 1.807) is 0 Å². The number of aliphatic carboxylic acids is 1. The lowest BCUT2D eigenvalue weighted by Gasteiger charge is -2.33. The molecule has 4 rings (SSSR count). The number of hydrogen-bond donors (Lipinski definition) is 4. The number of likely N-dealkylation sites (tertiary alicyclic amines) is 1. The number of amides is 2. The fourth-order valence-electron chi connectivity index (χ4n) is 5.50. The molecule has 2 aliphatic heterocycles. The van der Waals surface area contributed by atoms with Crippen molar-refractivity contribution < 1.29 is 19.5 Å². The molecular weight excluding hydrogens is 480 g/mol. The molecule has 36 heavy (non-hydrogen) atoms. The first kappa shape index (κ1) is 28.0. The van der Waals surface area contributed by atoms with Crippen LogP contribution in [0.15, 0.2) is 30.5 Å². The van der Waals surface area contributed by atoms with Crippen molar-refractivity contribution in [2.24, 2.45) is 11.8 Å². The third kappa shape index (κ3) is 7.71. The van der Waals surface area contributed by atoms with Crippen molar-refractivity contribution in [1.29, 1.82) is 0 Å². The summed E-state index contributed by atoms with van der Waals surface area (Å²) in [7, 11) is 0. The molecule has 0 saturated carbocycles. The normalized spacial score (nSPS) is 19.4. The van der Waals surface area contributed by atoms with E-state index in [-0.39, 0.29) is 36.6 Å². The molecule has 0 spiro atoms. The van der Waals surface area contributed by atoms with Crippen LogP contribution in [0.2, 0.25) is 0 Å². The number of benzene rings is 1. The second kappa shape index (κ2) is 13.7. The Hall–Kier alpha value is -2.58. The highest BCUT2D eigenvalue weighted by molar-refractivity contribution is 5.85. The molecule has 1 aromatic carbocycles. The first-order valence-corrected chi connectivity index (χ1v) is 13.0. The predicted molar refractivity (Wildman–Crippen MR) is 142 cm³/mol. The molecule has 8 nitrogen and oxygen atoms in total. The van der Waals surface area contributed by atoms with Crippen molar-refractivity contribution in [3.05, 3.63) is 36.0 Å². The van der Waals surface area contributed by atoms with Crippen LogP contribution in [0.3, 0.4) is 0 Å². The fraction of sp³-hybridized carbons (Fsp3) is 0.593. The Kier molecular flexibility index (Phi) is 10.6. The summed E-state index contributed by atoms with van der Waals surface area (Å²) in [6.07, 6.45) is 8.32. The maximum atomic E-state index is 13.1. The number of aromatic nitrogens is 1. The van der Waals surface area contributed by atoms with E-state index in [9.17, 15) is 19.5 Å². The Labute approximate surface area is 219 Å². The van der Waals surface area contributed by atoms with Crippen molar-refractivity contribution >= 4 is 41.1 Å². The van der Waals surface area contributed by atoms with Crippen LogP contribution in [-0.4, -0.2) is 65.0 Å². The van der Waals surface area contributed by atoms with Gasteiger partial charge in [-0.05, 0) is 75.6 Å². The molecule has 0 aliphatic carbocycles. The SMILES string of the molecule is Cl.O=C(O)C[C@H](CCc1c[nH]c2ccccc12)NC(=O)[C@@H]1CCCN(C(=O)CCC2CCNCC2)C1. The van der Waals surface area contributed by atoms with Gasteiger partial charge in [0.05, 0.1) is 12.3 Å². The van der Waals surface area contributed by atoms with E-state index in [4.69, 9.17) is 0 Å². The van der Waals surface area contributed by atoms with Gasteiger partial charge in [-0.15, -0.1) is 12.4 Å².